The van der Waals surface area contributed by atoms with Crippen LogP contribution >= 0.6 is 0 Å². The Kier molecular flexibility index (Phi) is 9.56. The normalized spacial score (nSPS) is 11.1. The highest BCUT2D eigenvalue weighted by Gasteiger charge is 2.15. The Morgan fingerprint density at radius 2 is 0.944 bits per heavy atom. The van der Waals surface area contributed by atoms with Gasteiger partial charge in [-0.3, -0.25) is 9.98 Å². The van der Waals surface area contributed by atoms with E-state index in [4.69, 9.17) is 28.4 Å². The van der Waals surface area contributed by atoms with E-state index in [0.717, 1.165) is 22.3 Å². The maximum atomic E-state index is 5.52. The molecule has 0 aromatic heterocycles. The van der Waals surface area contributed by atoms with Crippen LogP contribution < -0.4 is 28.4 Å². The number of nitrogens with zero attached hydrogens (tertiary/aromatic N) is 2. The molecule has 3 aromatic rings. The topological polar surface area (TPSA) is 80.1 Å². The predicted molar refractivity (Wildman–Crippen MR) is 141 cm³/mol. The molecule has 8 nitrogen and oxygen atoms in total. The van der Waals surface area contributed by atoms with Crippen molar-refractivity contribution in [2.24, 2.45) is 9.98 Å². The van der Waals surface area contributed by atoms with Crippen molar-refractivity contribution in [3.05, 3.63) is 70.8 Å². The number of ether oxygens (including phenoxy) is 6. The van der Waals surface area contributed by atoms with Gasteiger partial charge in [0.1, 0.15) is 0 Å². The third-order valence-corrected chi connectivity index (χ3v) is 5.47. The van der Waals surface area contributed by atoms with Crippen LogP contribution in [0, 0.1) is 0 Å². The standard InChI is InChI=1S/C28H32N2O6/c1-31-23-12-10-21(25(33-3)27(23)35-5)17-29-15-19-8-7-9-20(14-19)16-30-18-22-11-13-24(32-2)28(36-6)26(22)34-4/h7-14,17-18H,15-16H2,1-6H3. The fraction of sp³-hybridized carbons (Fsp3) is 0.286. The number of benzene rings is 3. The first-order valence-electron chi connectivity index (χ1n) is 11.3. The maximum absolute atomic E-state index is 5.52. The van der Waals surface area contributed by atoms with Gasteiger partial charge in [-0.25, -0.2) is 0 Å². The predicted octanol–water partition coefficient (Wildman–Crippen LogP) is 4.98. The highest BCUT2D eigenvalue weighted by atomic mass is 16.5. The van der Waals surface area contributed by atoms with Crippen molar-refractivity contribution in [2.75, 3.05) is 42.7 Å². The monoisotopic (exact) mass is 492 g/mol. The smallest absolute Gasteiger partial charge is 0.203 e. The lowest BCUT2D eigenvalue weighted by Gasteiger charge is -2.13. The molecule has 0 radical (unpaired) electrons. The van der Waals surface area contributed by atoms with E-state index in [1.165, 1.54) is 0 Å². The summed E-state index contributed by atoms with van der Waals surface area (Å²) in [6.07, 6.45) is 3.55. The third-order valence-electron chi connectivity index (χ3n) is 5.47. The first-order chi connectivity index (χ1) is 17.6. The quantitative estimate of drug-likeness (QED) is 0.332. The summed E-state index contributed by atoms with van der Waals surface area (Å²) in [5.41, 5.74) is 3.75. The fourth-order valence-corrected chi connectivity index (χ4v) is 3.78. The first-order valence-corrected chi connectivity index (χ1v) is 11.3. The molecular weight excluding hydrogens is 460 g/mol. The Balaban J connectivity index is 1.71. The molecule has 0 saturated heterocycles. The van der Waals surface area contributed by atoms with Gasteiger partial charge in [-0.05, 0) is 35.4 Å². The zero-order valence-electron chi connectivity index (χ0n) is 21.5. The average Bonchev–Trinajstić information content (AvgIpc) is 2.92. The van der Waals surface area contributed by atoms with E-state index in [9.17, 15) is 0 Å². The van der Waals surface area contributed by atoms with Crippen molar-refractivity contribution in [3.8, 4) is 34.5 Å². The van der Waals surface area contributed by atoms with Gasteiger partial charge in [-0.2, -0.15) is 0 Å². The second-order valence-electron chi connectivity index (χ2n) is 7.61. The van der Waals surface area contributed by atoms with Gasteiger partial charge in [0, 0.05) is 23.6 Å². The summed E-state index contributed by atoms with van der Waals surface area (Å²) in [5.74, 6) is 3.43. The molecule has 8 heteroatoms. The summed E-state index contributed by atoms with van der Waals surface area (Å²) in [6, 6.07) is 15.6. The molecule has 0 aliphatic rings. The van der Waals surface area contributed by atoms with Crippen LogP contribution in [0.5, 0.6) is 34.5 Å². The summed E-state index contributed by atoms with van der Waals surface area (Å²) in [5, 5.41) is 0. The minimum absolute atomic E-state index is 0.512. The number of methoxy groups -OCH3 is 6. The van der Waals surface area contributed by atoms with E-state index in [-0.39, 0.29) is 0 Å². The summed E-state index contributed by atoms with van der Waals surface area (Å²) >= 11 is 0. The highest BCUT2D eigenvalue weighted by Crippen LogP contribution is 2.40. The van der Waals surface area contributed by atoms with Crippen molar-refractivity contribution < 1.29 is 28.4 Å². The SMILES string of the molecule is COc1ccc(C=NCc2cccc(CN=Cc3ccc(OC)c(OC)c3OC)c2)c(OC)c1OC. The molecular formula is C28H32N2O6. The Bertz CT molecular complexity index is 1130. The van der Waals surface area contributed by atoms with Gasteiger partial charge in [0.25, 0.3) is 0 Å². The Morgan fingerprint density at radius 1 is 0.528 bits per heavy atom. The third kappa shape index (κ3) is 6.07. The largest absolute Gasteiger partial charge is 0.493 e. The molecule has 3 aromatic carbocycles. The summed E-state index contributed by atoms with van der Waals surface area (Å²) in [7, 11) is 9.53. The second-order valence-corrected chi connectivity index (χ2v) is 7.61. The fourth-order valence-electron chi connectivity index (χ4n) is 3.78. The minimum Gasteiger partial charge on any atom is -0.493 e. The molecule has 0 unspecified atom stereocenters. The Hall–Kier alpha value is -4.20. The van der Waals surface area contributed by atoms with E-state index in [0.29, 0.717) is 47.6 Å². The van der Waals surface area contributed by atoms with Gasteiger partial charge in [0.15, 0.2) is 23.0 Å². The number of hydrogen-bond acceptors (Lipinski definition) is 8. The highest BCUT2D eigenvalue weighted by molar-refractivity contribution is 5.87. The van der Waals surface area contributed by atoms with Gasteiger partial charge in [-0.15, -0.1) is 0 Å². The zero-order valence-corrected chi connectivity index (χ0v) is 21.5. The van der Waals surface area contributed by atoms with Gasteiger partial charge < -0.3 is 28.4 Å². The van der Waals surface area contributed by atoms with E-state index in [2.05, 4.69) is 16.1 Å². The zero-order chi connectivity index (χ0) is 25.9. The van der Waals surface area contributed by atoms with Crippen LogP contribution in [0.15, 0.2) is 58.5 Å². The van der Waals surface area contributed by atoms with Crippen molar-refractivity contribution >= 4 is 12.4 Å². The average molecular weight is 493 g/mol. The van der Waals surface area contributed by atoms with Crippen LogP contribution in [0.25, 0.3) is 0 Å². The minimum atomic E-state index is 0.512. The van der Waals surface area contributed by atoms with Crippen molar-refractivity contribution in [2.45, 2.75) is 13.1 Å². The number of rotatable bonds is 12. The van der Waals surface area contributed by atoms with Crippen LogP contribution in [0.2, 0.25) is 0 Å². The molecule has 0 atom stereocenters. The molecule has 3 rings (SSSR count). The molecule has 0 amide bonds. The lowest BCUT2D eigenvalue weighted by molar-refractivity contribution is 0.324. The second kappa shape index (κ2) is 13.0. The molecule has 190 valence electrons. The van der Waals surface area contributed by atoms with Crippen molar-refractivity contribution in [1.82, 2.24) is 0 Å². The molecule has 36 heavy (non-hydrogen) atoms. The van der Waals surface area contributed by atoms with Crippen molar-refractivity contribution in [3.63, 3.8) is 0 Å². The van der Waals surface area contributed by atoms with E-state index >= 15 is 0 Å². The Morgan fingerprint density at radius 3 is 1.31 bits per heavy atom. The number of aliphatic imine (C=N–C) groups is 2. The Labute approximate surface area is 212 Å². The summed E-state index contributed by atoms with van der Waals surface area (Å²) in [4.78, 5) is 9.19. The molecule has 0 spiro atoms. The van der Waals surface area contributed by atoms with E-state index < -0.39 is 0 Å². The lowest BCUT2D eigenvalue weighted by Crippen LogP contribution is -1.99. The van der Waals surface area contributed by atoms with Crippen LogP contribution in [0.3, 0.4) is 0 Å². The van der Waals surface area contributed by atoms with Crippen LogP contribution in [-0.2, 0) is 13.1 Å². The summed E-state index contributed by atoms with van der Waals surface area (Å²) in [6.45, 7) is 1.02. The van der Waals surface area contributed by atoms with Crippen molar-refractivity contribution in [1.29, 1.82) is 0 Å². The van der Waals surface area contributed by atoms with Gasteiger partial charge >= 0.3 is 0 Å². The summed E-state index contributed by atoms with van der Waals surface area (Å²) < 4.78 is 32.6. The van der Waals surface area contributed by atoms with Gasteiger partial charge in [0.2, 0.25) is 11.5 Å². The van der Waals surface area contributed by atoms with Gasteiger partial charge in [-0.1, -0.05) is 24.3 Å². The molecule has 0 saturated carbocycles. The lowest BCUT2D eigenvalue weighted by atomic mass is 10.1. The van der Waals surface area contributed by atoms with E-state index in [1.807, 2.05) is 42.5 Å². The molecule has 0 fully saturated rings. The molecule has 0 aliphatic heterocycles. The molecule has 0 aliphatic carbocycles. The maximum Gasteiger partial charge on any atom is 0.203 e. The van der Waals surface area contributed by atoms with Crippen LogP contribution in [0.4, 0.5) is 0 Å². The molecule has 0 bridgehead atoms. The molecule has 0 N–H and O–H groups in total. The van der Waals surface area contributed by atoms with Crippen LogP contribution in [-0.4, -0.2) is 55.1 Å². The number of hydrogen-bond donors (Lipinski definition) is 0. The molecule has 0 heterocycles. The van der Waals surface area contributed by atoms with Gasteiger partial charge in [0.05, 0.1) is 55.7 Å². The van der Waals surface area contributed by atoms with E-state index in [1.54, 1.807) is 55.1 Å². The first kappa shape index (κ1) is 26.4. The van der Waals surface area contributed by atoms with Crippen LogP contribution in [0.1, 0.15) is 22.3 Å².